The molecule has 20 heavy (non-hydrogen) atoms. The van der Waals surface area contributed by atoms with E-state index < -0.39 is 29.8 Å². The zero-order valence-corrected chi connectivity index (χ0v) is 15.9. The number of aliphatic hydroxyl groups is 1. The van der Waals surface area contributed by atoms with E-state index in [2.05, 4.69) is 15.9 Å². The Morgan fingerprint density at radius 1 is 0.850 bits per heavy atom. The van der Waals surface area contributed by atoms with Gasteiger partial charge in [0.1, 0.15) is 0 Å². The Morgan fingerprint density at radius 3 is 1.15 bits per heavy atom. The number of alkyl halides is 7. The maximum absolute atomic E-state index is 11.9. The van der Waals surface area contributed by atoms with Crippen LogP contribution in [0.15, 0.2) is 0 Å². The van der Waals surface area contributed by atoms with Crippen LogP contribution in [0.4, 0.5) is 26.3 Å². The molecule has 2 saturated carbocycles. The fourth-order valence-corrected chi connectivity index (χ4v) is 2.20. The molecular formula is C10H13Br2F6NaO. The van der Waals surface area contributed by atoms with Crippen LogP contribution in [0.25, 0.3) is 0 Å². The quantitative estimate of drug-likeness (QED) is 0.298. The summed E-state index contributed by atoms with van der Waals surface area (Å²) in [5.41, 5.74) is -3.07. The molecule has 0 radical (unpaired) electrons. The fourth-order valence-electron chi connectivity index (χ4n) is 1.33. The third-order valence-corrected chi connectivity index (χ3v) is 4.54. The van der Waals surface area contributed by atoms with Crippen molar-refractivity contribution in [1.29, 1.82) is 0 Å². The predicted molar refractivity (Wildman–Crippen MR) is 56.3 cm³/mol. The summed E-state index contributed by atoms with van der Waals surface area (Å²) in [5.74, 6) is 0. The molecular weight excluding hydrogens is 433 g/mol. The fraction of sp³-hybridized carbons (Fsp3) is 1.00. The van der Waals surface area contributed by atoms with Crippen LogP contribution >= 0.6 is 15.9 Å². The van der Waals surface area contributed by atoms with Crippen LogP contribution in [-0.4, -0.2) is 29.4 Å². The van der Waals surface area contributed by atoms with E-state index in [0.29, 0.717) is 12.8 Å². The van der Waals surface area contributed by atoms with Gasteiger partial charge in [0.2, 0.25) is 0 Å². The van der Waals surface area contributed by atoms with Gasteiger partial charge in [-0.1, -0.05) is 15.9 Å². The molecule has 0 atom stereocenters. The first kappa shape index (κ1) is 23.8. The van der Waals surface area contributed by atoms with Crippen molar-refractivity contribution in [2.75, 3.05) is 11.9 Å². The van der Waals surface area contributed by atoms with Gasteiger partial charge >= 0.3 is 41.9 Å². The molecule has 0 unspecified atom stereocenters. The number of hydrogen-bond acceptors (Lipinski definition) is 1. The van der Waals surface area contributed by atoms with Crippen LogP contribution in [0.2, 0.25) is 0 Å². The molecule has 0 heterocycles. The van der Waals surface area contributed by atoms with Crippen molar-refractivity contribution >= 4 is 15.9 Å². The summed E-state index contributed by atoms with van der Waals surface area (Å²) < 4.78 is 70.8. The summed E-state index contributed by atoms with van der Waals surface area (Å²) in [4.78, 5) is 0. The average molecular weight is 446 g/mol. The van der Waals surface area contributed by atoms with Crippen LogP contribution in [0.3, 0.4) is 0 Å². The van der Waals surface area contributed by atoms with Gasteiger partial charge in [-0.15, -0.1) is 0 Å². The summed E-state index contributed by atoms with van der Waals surface area (Å²) in [6.45, 7) is -0.753. The molecule has 2 aliphatic carbocycles. The first-order valence-corrected chi connectivity index (χ1v) is 6.46. The third kappa shape index (κ3) is 5.30. The maximum Gasteiger partial charge on any atom is 1.00 e. The summed E-state index contributed by atoms with van der Waals surface area (Å²) in [6.07, 6.45) is -7.41. The zero-order valence-electron chi connectivity index (χ0n) is 10.7. The Kier molecular flexibility index (Phi) is 9.33. The molecule has 10 heteroatoms. The van der Waals surface area contributed by atoms with Gasteiger partial charge in [0.25, 0.3) is 0 Å². The molecule has 2 fully saturated rings. The molecule has 0 saturated heterocycles. The molecule has 116 valence electrons. The van der Waals surface area contributed by atoms with E-state index in [1.54, 1.807) is 0 Å². The van der Waals surface area contributed by atoms with Crippen LogP contribution in [0.1, 0.15) is 25.7 Å². The van der Waals surface area contributed by atoms with Gasteiger partial charge in [0.05, 0.1) is 17.4 Å². The van der Waals surface area contributed by atoms with Crippen molar-refractivity contribution in [3.05, 3.63) is 0 Å². The molecule has 0 spiro atoms. The molecule has 0 aliphatic heterocycles. The van der Waals surface area contributed by atoms with Crippen LogP contribution in [0, 0.1) is 10.8 Å². The first-order chi connectivity index (χ1) is 8.04. The van der Waals surface area contributed by atoms with Crippen molar-refractivity contribution in [3.63, 3.8) is 0 Å². The molecule has 2 rings (SSSR count). The van der Waals surface area contributed by atoms with Crippen LogP contribution in [-0.2, 0) is 0 Å². The third-order valence-electron chi connectivity index (χ3n) is 3.47. The van der Waals surface area contributed by atoms with E-state index in [0.717, 1.165) is 0 Å². The van der Waals surface area contributed by atoms with Crippen molar-refractivity contribution in [2.45, 2.75) is 38.0 Å². The molecule has 0 amide bonds. The smallest absolute Gasteiger partial charge is 1.00 e. The average Bonchev–Trinajstić information content (AvgIpc) is 3.11. The van der Waals surface area contributed by atoms with Gasteiger partial charge in [0.15, 0.2) is 0 Å². The van der Waals surface area contributed by atoms with Crippen molar-refractivity contribution < 1.29 is 78.0 Å². The Hall–Kier alpha value is 1.50. The Bertz CT molecular complexity index is 269. The van der Waals surface area contributed by atoms with Crippen molar-refractivity contribution in [1.82, 2.24) is 0 Å². The standard InChI is InChI=1S/C5H6BrF3.C5H7F3O.BrH.Na/c6-3-4(1-2-4)5(7,8)9;6-5(7,8)4(3-9)1-2-4;;/h1-3H2;9H,1-3H2;1H;/q;;;+1/p-1. The number of hydrogen-bond donors (Lipinski definition) is 1. The summed E-state index contributed by atoms with van der Waals surface area (Å²) in [6, 6.07) is 0. The van der Waals surface area contributed by atoms with Gasteiger partial charge in [0, 0.05) is 5.33 Å². The van der Waals surface area contributed by atoms with Gasteiger partial charge in [-0.2, -0.15) is 26.3 Å². The number of aliphatic hydroxyl groups excluding tert-OH is 1. The molecule has 1 N–H and O–H groups in total. The largest absolute Gasteiger partial charge is 1.00 e. The first-order valence-electron chi connectivity index (χ1n) is 5.34. The van der Waals surface area contributed by atoms with E-state index >= 15 is 0 Å². The van der Waals surface area contributed by atoms with Crippen LogP contribution in [0.5, 0.6) is 0 Å². The van der Waals surface area contributed by atoms with Gasteiger partial charge in [-0.3, -0.25) is 0 Å². The second-order valence-electron chi connectivity index (χ2n) is 4.85. The Labute approximate surface area is 154 Å². The van der Waals surface area contributed by atoms with Gasteiger partial charge < -0.3 is 22.1 Å². The molecule has 1 nitrogen and oxygen atoms in total. The topological polar surface area (TPSA) is 20.2 Å². The van der Waals surface area contributed by atoms with Gasteiger partial charge in [-0.05, 0) is 25.7 Å². The van der Waals surface area contributed by atoms with Crippen molar-refractivity contribution in [3.8, 4) is 0 Å². The SMILES string of the molecule is FC(F)(F)C1(CBr)CC1.OCC1(C(F)(F)F)CC1.[Br-].[Na+]. The van der Waals surface area contributed by atoms with E-state index in [4.69, 9.17) is 5.11 Å². The minimum atomic E-state index is -4.19. The molecule has 2 aliphatic rings. The monoisotopic (exact) mass is 444 g/mol. The van der Waals surface area contributed by atoms with Gasteiger partial charge in [-0.25, -0.2) is 0 Å². The number of halogens is 8. The normalized spacial score (nSPS) is 21.6. The van der Waals surface area contributed by atoms with Crippen LogP contribution < -0.4 is 46.5 Å². The second-order valence-corrected chi connectivity index (χ2v) is 5.41. The van der Waals surface area contributed by atoms with E-state index in [1.807, 2.05) is 0 Å². The molecule has 0 aromatic carbocycles. The minimum absolute atomic E-state index is 0. The van der Waals surface area contributed by atoms with E-state index in [9.17, 15) is 26.3 Å². The van der Waals surface area contributed by atoms with E-state index in [-0.39, 0.29) is 64.7 Å². The molecule has 0 bridgehead atoms. The number of rotatable bonds is 2. The Balaban J connectivity index is 0. The maximum atomic E-state index is 11.9. The zero-order chi connectivity index (χ0) is 14.2. The predicted octanol–water partition coefficient (Wildman–Crippen LogP) is -1.95. The second kappa shape index (κ2) is 7.86. The summed E-state index contributed by atoms with van der Waals surface area (Å²) >= 11 is 2.85. The van der Waals surface area contributed by atoms with E-state index in [1.165, 1.54) is 0 Å². The van der Waals surface area contributed by atoms with Crippen molar-refractivity contribution in [2.24, 2.45) is 10.8 Å². The molecule has 0 aromatic heterocycles. The Morgan fingerprint density at radius 2 is 1.15 bits per heavy atom. The molecule has 0 aromatic rings. The summed E-state index contributed by atoms with van der Waals surface area (Å²) in [7, 11) is 0. The summed E-state index contributed by atoms with van der Waals surface area (Å²) in [5, 5.41) is 8.33. The minimum Gasteiger partial charge on any atom is -1.00 e.